The van der Waals surface area contributed by atoms with Crippen LogP contribution in [0.3, 0.4) is 0 Å². The third-order valence-corrected chi connectivity index (χ3v) is 8.29. The van der Waals surface area contributed by atoms with E-state index in [1.807, 2.05) is 13.8 Å². The van der Waals surface area contributed by atoms with E-state index in [4.69, 9.17) is 21.1 Å². The Bertz CT molecular complexity index is 949. The van der Waals surface area contributed by atoms with Crippen molar-refractivity contribution in [1.29, 1.82) is 0 Å². The first-order chi connectivity index (χ1) is 15.0. The van der Waals surface area contributed by atoms with Gasteiger partial charge in [-0.15, -0.1) is 0 Å². The maximum absolute atomic E-state index is 13.2. The zero-order valence-corrected chi connectivity index (χ0v) is 20.5. The summed E-state index contributed by atoms with van der Waals surface area (Å²) < 4.78 is 38.5. The van der Waals surface area contributed by atoms with Gasteiger partial charge in [0.15, 0.2) is 6.61 Å². The van der Waals surface area contributed by atoms with Crippen LogP contribution in [0.15, 0.2) is 23.1 Å². The van der Waals surface area contributed by atoms with Crippen LogP contribution in [-0.4, -0.2) is 73.5 Å². The number of benzene rings is 1. The van der Waals surface area contributed by atoms with E-state index in [0.29, 0.717) is 0 Å². The van der Waals surface area contributed by atoms with Crippen LogP contribution in [-0.2, 0) is 24.3 Å². The number of sulfonamides is 1. The van der Waals surface area contributed by atoms with Gasteiger partial charge in [0.05, 0.1) is 22.8 Å². The van der Waals surface area contributed by atoms with Crippen LogP contribution < -0.4 is 0 Å². The highest BCUT2D eigenvalue weighted by molar-refractivity contribution is 7.89. The van der Waals surface area contributed by atoms with Gasteiger partial charge in [0, 0.05) is 25.2 Å². The minimum atomic E-state index is -3.94. The van der Waals surface area contributed by atoms with E-state index in [2.05, 4.69) is 0 Å². The summed E-state index contributed by atoms with van der Waals surface area (Å²) in [5, 5.41) is 0.0143. The second-order valence-electron chi connectivity index (χ2n) is 8.73. The summed E-state index contributed by atoms with van der Waals surface area (Å²) in [6.07, 6.45) is 2.38. The van der Waals surface area contributed by atoms with Crippen molar-refractivity contribution in [3.05, 3.63) is 28.8 Å². The minimum absolute atomic E-state index is 0.0143. The summed E-state index contributed by atoms with van der Waals surface area (Å²) in [7, 11) is -3.94. The number of amides is 1. The molecule has 2 aliphatic heterocycles. The molecule has 0 aromatic heterocycles. The molecule has 0 radical (unpaired) electrons. The smallest absolute Gasteiger partial charge is 0.338 e. The van der Waals surface area contributed by atoms with Gasteiger partial charge < -0.3 is 14.4 Å². The third kappa shape index (κ3) is 5.44. The molecule has 0 unspecified atom stereocenters. The Morgan fingerprint density at radius 1 is 1.09 bits per heavy atom. The lowest BCUT2D eigenvalue weighted by atomic mass is 9.97. The average molecular weight is 487 g/mol. The highest BCUT2D eigenvalue weighted by Crippen LogP contribution is 2.28. The van der Waals surface area contributed by atoms with Crippen molar-refractivity contribution in [3.63, 3.8) is 0 Å². The van der Waals surface area contributed by atoms with E-state index in [9.17, 15) is 18.0 Å². The van der Waals surface area contributed by atoms with Crippen LogP contribution in [0, 0.1) is 0 Å². The van der Waals surface area contributed by atoms with E-state index >= 15 is 0 Å². The van der Waals surface area contributed by atoms with Crippen LogP contribution in [0.25, 0.3) is 0 Å². The maximum Gasteiger partial charge on any atom is 0.338 e. The molecule has 0 N–H and O–H groups in total. The summed E-state index contributed by atoms with van der Waals surface area (Å²) in [4.78, 5) is 26.8. The molecule has 1 aromatic rings. The first kappa shape index (κ1) is 25.0. The van der Waals surface area contributed by atoms with Crippen molar-refractivity contribution in [2.45, 2.75) is 76.1 Å². The summed E-state index contributed by atoms with van der Waals surface area (Å²) in [6, 6.07) is 4.15. The van der Waals surface area contributed by atoms with Gasteiger partial charge in [-0.2, -0.15) is 4.31 Å². The fraction of sp³-hybridized carbons (Fsp3) is 0.636. The number of morpholine rings is 1. The fourth-order valence-corrected chi connectivity index (χ4v) is 6.58. The number of piperidine rings is 1. The monoisotopic (exact) mass is 486 g/mol. The minimum Gasteiger partial charge on any atom is -0.452 e. The van der Waals surface area contributed by atoms with E-state index in [1.54, 1.807) is 18.7 Å². The number of hydrogen-bond donors (Lipinski definition) is 0. The first-order valence-corrected chi connectivity index (χ1v) is 12.8. The van der Waals surface area contributed by atoms with Crippen LogP contribution in [0.4, 0.5) is 0 Å². The lowest BCUT2D eigenvalue weighted by molar-refractivity contribution is -0.140. The molecule has 178 valence electrons. The number of esters is 1. The lowest BCUT2D eigenvalue weighted by Gasteiger charge is -2.38. The topological polar surface area (TPSA) is 93.2 Å². The van der Waals surface area contributed by atoms with Gasteiger partial charge in [-0.3, -0.25) is 4.79 Å². The van der Waals surface area contributed by atoms with Crippen LogP contribution in [0.2, 0.25) is 5.02 Å². The number of halogens is 1. The normalized spacial score (nSPS) is 27.2. The molecule has 2 aliphatic rings. The van der Waals surface area contributed by atoms with E-state index in [-0.39, 0.29) is 58.8 Å². The molecule has 2 saturated heterocycles. The van der Waals surface area contributed by atoms with E-state index < -0.39 is 22.6 Å². The molecular formula is C22H31ClN2O6S. The number of likely N-dealkylation sites (tertiary alicyclic amines) is 1. The van der Waals surface area contributed by atoms with Gasteiger partial charge in [-0.25, -0.2) is 13.2 Å². The number of carbonyl (C=O) groups is 2. The Hall–Kier alpha value is -1.68. The average Bonchev–Trinajstić information content (AvgIpc) is 2.71. The molecule has 4 atom stereocenters. The summed E-state index contributed by atoms with van der Waals surface area (Å²) in [5.74, 6) is -1.02. The number of rotatable bonds is 5. The highest BCUT2D eigenvalue weighted by Gasteiger charge is 2.34. The first-order valence-electron chi connectivity index (χ1n) is 10.9. The lowest BCUT2D eigenvalue weighted by Crippen LogP contribution is -2.49. The Labute approximate surface area is 194 Å². The fourth-order valence-electron chi connectivity index (χ4n) is 4.49. The van der Waals surface area contributed by atoms with E-state index in [1.165, 1.54) is 22.5 Å². The predicted octanol–water partition coefficient (Wildman–Crippen LogP) is 3.08. The summed E-state index contributed by atoms with van der Waals surface area (Å²) in [6.45, 7) is 7.56. The molecule has 2 heterocycles. The second kappa shape index (κ2) is 10.1. The molecule has 0 bridgehead atoms. The molecule has 32 heavy (non-hydrogen) atoms. The molecule has 10 heteroatoms. The van der Waals surface area contributed by atoms with E-state index in [0.717, 1.165) is 19.3 Å². The Morgan fingerprint density at radius 2 is 1.69 bits per heavy atom. The molecule has 1 amide bonds. The van der Waals surface area contributed by atoms with Crippen molar-refractivity contribution in [3.8, 4) is 0 Å². The Kier molecular flexibility index (Phi) is 7.85. The van der Waals surface area contributed by atoms with Gasteiger partial charge >= 0.3 is 5.97 Å². The van der Waals surface area contributed by atoms with Crippen molar-refractivity contribution in [2.75, 3.05) is 19.7 Å². The predicted molar refractivity (Wildman–Crippen MR) is 120 cm³/mol. The SMILES string of the molecule is C[C@@H]1CN(S(=O)(=O)c2cc(C(=O)OCC(=O)N3[C@H](C)CCC[C@H]3C)ccc2Cl)C[C@@H](C)O1. The molecule has 8 nitrogen and oxygen atoms in total. The molecular weight excluding hydrogens is 456 g/mol. The van der Waals surface area contributed by atoms with Gasteiger partial charge in [0.2, 0.25) is 10.0 Å². The van der Waals surface area contributed by atoms with Gasteiger partial charge in [-0.05, 0) is 65.2 Å². The van der Waals surface area contributed by atoms with Crippen molar-refractivity contribution >= 4 is 33.5 Å². The molecule has 0 spiro atoms. The van der Waals surface area contributed by atoms with Gasteiger partial charge in [0.25, 0.3) is 5.91 Å². The maximum atomic E-state index is 13.2. The quantitative estimate of drug-likeness (QED) is 0.594. The molecule has 3 rings (SSSR count). The largest absolute Gasteiger partial charge is 0.452 e. The number of hydrogen-bond acceptors (Lipinski definition) is 6. The van der Waals surface area contributed by atoms with Crippen LogP contribution in [0.1, 0.15) is 57.3 Å². The van der Waals surface area contributed by atoms with Gasteiger partial charge in [-0.1, -0.05) is 11.6 Å². The zero-order valence-electron chi connectivity index (χ0n) is 18.9. The molecule has 0 aliphatic carbocycles. The number of nitrogens with zero attached hydrogens (tertiary/aromatic N) is 2. The van der Waals surface area contributed by atoms with Crippen LogP contribution in [0.5, 0.6) is 0 Å². The molecule has 2 fully saturated rings. The molecule has 1 aromatic carbocycles. The number of ether oxygens (including phenoxy) is 2. The Balaban J connectivity index is 1.73. The van der Waals surface area contributed by atoms with Crippen molar-refractivity contribution < 1.29 is 27.5 Å². The number of carbonyl (C=O) groups excluding carboxylic acids is 2. The zero-order chi connectivity index (χ0) is 23.6. The third-order valence-electron chi connectivity index (χ3n) is 5.98. The highest BCUT2D eigenvalue weighted by atomic mass is 35.5. The summed E-state index contributed by atoms with van der Waals surface area (Å²) >= 11 is 6.19. The van der Waals surface area contributed by atoms with Crippen molar-refractivity contribution in [1.82, 2.24) is 9.21 Å². The van der Waals surface area contributed by atoms with Crippen molar-refractivity contribution in [2.24, 2.45) is 0 Å². The molecule has 0 saturated carbocycles. The second-order valence-corrected chi connectivity index (χ2v) is 11.0. The van der Waals surface area contributed by atoms with Crippen LogP contribution >= 0.6 is 11.6 Å². The standard InChI is InChI=1S/C22H31ClN2O6S/c1-14-6-5-7-15(2)25(14)21(26)13-30-22(27)18-8-9-19(23)20(10-18)32(28,29)24-11-16(3)31-17(4)12-24/h8-10,14-17H,5-7,11-13H2,1-4H3/t14-,15-,16-,17-/m1/s1. The summed E-state index contributed by atoms with van der Waals surface area (Å²) in [5.41, 5.74) is 0.0230. The van der Waals surface area contributed by atoms with Gasteiger partial charge in [0.1, 0.15) is 4.90 Å². The Morgan fingerprint density at radius 3 is 2.28 bits per heavy atom.